The van der Waals surface area contributed by atoms with E-state index in [4.69, 9.17) is 0 Å². The first-order valence-corrected chi connectivity index (χ1v) is 14.0. The Hall–Kier alpha value is -3.69. The van der Waals surface area contributed by atoms with Gasteiger partial charge in [-0.05, 0) is 54.5 Å². The molecule has 3 nitrogen and oxygen atoms in total. The van der Waals surface area contributed by atoms with Crippen molar-refractivity contribution in [2.45, 2.75) is 43.6 Å². The first-order chi connectivity index (χ1) is 18.8. The number of rotatable bonds is 10. The highest BCUT2D eigenvalue weighted by Gasteiger charge is 2.26. The fourth-order valence-electron chi connectivity index (χ4n) is 5.71. The van der Waals surface area contributed by atoms with Gasteiger partial charge in [0.2, 0.25) is 5.91 Å². The smallest absolute Gasteiger partial charge is 0.228 e. The van der Waals surface area contributed by atoms with E-state index in [1.54, 1.807) is 0 Å². The van der Waals surface area contributed by atoms with Crippen LogP contribution in [-0.4, -0.2) is 36.5 Å². The van der Waals surface area contributed by atoms with Gasteiger partial charge < -0.3 is 10.2 Å². The molecule has 1 heterocycles. The number of nitrogens with one attached hydrogen (secondary N) is 1. The summed E-state index contributed by atoms with van der Waals surface area (Å²) in [5.41, 5.74) is 5.04. The maximum atomic E-state index is 13.5. The number of carbonyl (C=O) groups excluding carboxylic acids is 1. The molecule has 0 aliphatic carbocycles. The minimum atomic E-state index is -0.172. The lowest BCUT2D eigenvalue weighted by Crippen LogP contribution is -2.46. The summed E-state index contributed by atoms with van der Waals surface area (Å²) in [6.07, 6.45) is 3.81. The number of likely N-dealkylation sites (tertiary alicyclic amines) is 1. The molecule has 1 fully saturated rings. The third kappa shape index (κ3) is 6.99. The molecule has 194 valence electrons. The molecule has 3 heteroatoms. The van der Waals surface area contributed by atoms with Crippen LogP contribution in [-0.2, 0) is 11.2 Å². The van der Waals surface area contributed by atoms with Crippen molar-refractivity contribution in [3.8, 4) is 0 Å². The second-order valence-electron chi connectivity index (χ2n) is 10.4. The van der Waals surface area contributed by atoms with Crippen molar-refractivity contribution in [1.29, 1.82) is 0 Å². The van der Waals surface area contributed by atoms with E-state index < -0.39 is 0 Å². The lowest BCUT2D eigenvalue weighted by Gasteiger charge is -2.34. The zero-order valence-electron chi connectivity index (χ0n) is 22.1. The lowest BCUT2D eigenvalue weighted by molar-refractivity contribution is -0.123. The predicted octanol–water partition coefficient (Wildman–Crippen LogP) is 6.82. The third-order valence-corrected chi connectivity index (χ3v) is 7.87. The summed E-state index contributed by atoms with van der Waals surface area (Å²) in [6, 6.07) is 42.5. The highest BCUT2D eigenvalue weighted by molar-refractivity contribution is 5.84. The second kappa shape index (κ2) is 13.2. The number of piperidine rings is 1. The molecule has 38 heavy (non-hydrogen) atoms. The zero-order chi connectivity index (χ0) is 26.0. The molecular weight excluding hydrogens is 464 g/mol. The zero-order valence-corrected chi connectivity index (χ0v) is 22.1. The molecule has 5 rings (SSSR count). The van der Waals surface area contributed by atoms with E-state index in [9.17, 15) is 4.79 Å². The summed E-state index contributed by atoms with van der Waals surface area (Å²) in [6.45, 7) is 3.11. The van der Waals surface area contributed by atoms with E-state index in [-0.39, 0.29) is 17.9 Å². The molecule has 1 amide bonds. The summed E-state index contributed by atoms with van der Waals surface area (Å²) in [5.74, 6) is 0.375. The van der Waals surface area contributed by atoms with Crippen molar-refractivity contribution in [2.75, 3.05) is 19.6 Å². The summed E-state index contributed by atoms with van der Waals surface area (Å²) in [5, 5.41) is 3.41. The Labute approximate surface area is 227 Å². The Kier molecular flexibility index (Phi) is 9.02. The Morgan fingerprint density at radius 2 is 1.16 bits per heavy atom. The van der Waals surface area contributed by atoms with Gasteiger partial charge in [0.25, 0.3) is 0 Å². The highest BCUT2D eigenvalue weighted by Crippen LogP contribution is 2.29. The molecule has 1 N–H and O–H groups in total. The van der Waals surface area contributed by atoms with E-state index >= 15 is 0 Å². The SMILES string of the molecule is O=C(NC1CCN(CCC(c2ccccc2)c2ccccc2)CC1)C(Cc1ccccc1)c1ccccc1. The van der Waals surface area contributed by atoms with Crippen molar-refractivity contribution < 1.29 is 4.79 Å². The highest BCUT2D eigenvalue weighted by atomic mass is 16.1. The van der Waals surface area contributed by atoms with Crippen molar-refractivity contribution >= 4 is 5.91 Å². The predicted molar refractivity (Wildman–Crippen MR) is 156 cm³/mol. The molecule has 4 aromatic carbocycles. The summed E-state index contributed by atoms with van der Waals surface area (Å²) in [7, 11) is 0. The van der Waals surface area contributed by atoms with Gasteiger partial charge in [-0.2, -0.15) is 0 Å². The van der Waals surface area contributed by atoms with E-state index in [2.05, 4.69) is 95.1 Å². The topological polar surface area (TPSA) is 32.3 Å². The van der Waals surface area contributed by atoms with Crippen LogP contribution >= 0.6 is 0 Å². The van der Waals surface area contributed by atoms with Gasteiger partial charge in [0.15, 0.2) is 0 Å². The standard InChI is InChI=1S/C35H38N2O/c38-35(34(31-19-11-4-12-20-31)27-28-13-5-1-6-14-28)36-32-21-24-37(25-22-32)26-23-33(29-15-7-2-8-16-29)30-17-9-3-10-18-30/h1-20,32-34H,21-27H2,(H,36,38). The largest absolute Gasteiger partial charge is 0.353 e. The van der Waals surface area contributed by atoms with Gasteiger partial charge in [0, 0.05) is 25.0 Å². The van der Waals surface area contributed by atoms with Gasteiger partial charge in [0.1, 0.15) is 0 Å². The van der Waals surface area contributed by atoms with Crippen molar-refractivity contribution in [1.82, 2.24) is 10.2 Å². The molecule has 1 aliphatic rings. The molecule has 0 bridgehead atoms. The van der Waals surface area contributed by atoms with Crippen LogP contribution in [0.5, 0.6) is 0 Å². The fraction of sp³-hybridized carbons (Fsp3) is 0.286. The molecule has 1 aliphatic heterocycles. The Morgan fingerprint density at radius 3 is 1.68 bits per heavy atom. The minimum absolute atomic E-state index is 0.145. The van der Waals surface area contributed by atoms with Gasteiger partial charge in [-0.15, -0.1) is 0 Å². The van der Waals surface area contributed by atoms with Crippen molar-refractivity contribution in [2.24, 2.45) is 0 Å². The minimum Gasteiger partial charge on any atom is -0.353 e. The Balaban J connectivity index is 1.16. The van der Waals surface area contributed by atoms with Crippen LogP contribution in [0.25, 0.3) is 0 Å². The second-order valence-corrected chi connectivity index (χ2v) is 10.4. The van der Waals surface area contributed by atoms with Gasteiger partial charge >= 0.3 is 0 Å². The average molecular weight is 503 g/mol. The maximum Gasteiger partial charge on any atom is 0.228 e. The van der Waals surface area contributed by atoms with Crippen LogP contribution in [0.1, 0.15) is 53.4 Å². The molecule has 0 aromatic heterocycles. The van der Waals surface area contributed by atoms with E-state index in [1.807, 2.05) is 36.4 Å². The van der Waals surface area contributed by atoms with Crippen molar-refractivity contribution in [3.63, 3.8) is 0 Å². The number of hydrogen-bond acceptors (Lipinski definition) is 2. The number of benzene rings is 4. The number of amides is 1. The van der Waals surface area contributed by atoms with Crippen LogP contribution < -0.4 is 5.32 Å². The first kappa shape index (κ1) is 25.9. The van der Waals surface area contributed by atoms with Gasteiger partial charge in [-0.3, -0.25) is 4.79 Å². The average Bonchev–Trinajstić information content (AvgIpc) is 2.99. The van der Waals surface area contributed by atoms with Gasteiger partial charge in [-0.1, -0.05) is 121 Å². The fourth-order valence-corrected chi connectivity index (χ4v) is 5.71. The number of carbonyl (C=O) groups is 1. The van der Waals surface area contributed by atoms with E-state index in [1.165, 1.54) is 16.7 Å². The normalized spacial score (nSPS) is 15.3. The molecule has 1 saturated heterocycles. The number of nitrogens with zero attached hydrogens (tertiary/aromatic N) is 1. The van der Waals surface area contributed by atoms with Gasteiger partial charge in [0.05, 0.1) is 5.92 Å². The van der Waals surface area contributed by atoms with Crippen LogP contribution in [0, 0.1) is 0 Å². The van der Waals surface area contributed by atoms with Crippen LogP contribution in [0.3, 0.4) is 0 Å². The molecule has 0 saturated carbocycles. The summed E-state index contributed by atoms with van der Waals surface area (Å²) >= 11 is 0. The monoisotopic (exact) mass is 502 g/mol. The quantitative estimate of drug-likeness (QED) is 0.258. The molecular formula is C35H38N2O. The Morgan fingerprint density at radius 1 is 0.684 bits per heavy atom. The van der Waals surface area contributed by atoms with Crippen LogP contribution in [0.15, 0.2) is 121 Å². The van der Waals surface area contributed by atoms with Gasteiger partial charge in [-0.25, -0.2) is 0 Å². The molecule has 4 aromatic rings. The molecule has 0 radical (unpaired) electrons. The third-order valence-electron chi connectivity index (χ3n) is 7.87. The van der Waals surface area contributed by atoms with Crippen LogP contribution in [0.4, 0.5) is 0 Å². The Bertz CT molecular complexity index is 1200. The molecule has 1 unspecified atom stereocenters. The molecule has 0 spiro atoms. The molecule has 1 atom stereocenters. The van der Waals surface area contributed by atoms with Crippen molar-refractivity contribution in [3.05, 3.63) is 144 Å². The van der Waals surface area contributed by atoms with E-state index in [0.717, 1.165) is 50.9 Å². The van der Waals surface area contributed by atoms with E-state index in [0.29, 0.717) is 5.92 Å². The maximum absolute atomic E-state index is 13.5. The summed E-state index contributed by atoms with van der Waals surface area (Å²) < 4.78 is 0. The van der Waals surface area contributed by atoms with Crippen LogP contribution in [0.2, 0.25) is 0 Å². The number of hydrogen-bond donors (Lipinski definition) is 1. The summed E-state index contributed by atoms with van der Waals surface area (Å²) in [4.78, 5) is 16.1. The first-order valence-electron chi connectivity index (χ1n) is 14.0. The lowest BCUT2D eigenvalue weighted by atomic mass is 9.88.